The van der Waals surface area contributed by atoms with Crippen LogP contribution >= 0.6 is 0 Å². The molecule has 2 aliphatic rings. The molecular formula is C11H18O3. The summed E-state index contributed by atoms with van der Waals surface area (Å²) in [5.41, 5.74) is 0. The molecule has 2 rings (SSSR count). The Hall–Kier alpha value is -0.410. The van der Waals surface area contributed by atoms with Gasteiger partial charge in [0, 0.05) is 25.0 Å². The molecule has 80 valence electrons. The van der Waals surface area contributed by atoms with Gasteiger partial charge in [0.2, 0.25) is 0 Å². The molecule has 0 saturated carbocycles. The number of rotatable bonds is 2. The summed E-state index contributed by atoms with van der Waals surface area (Å²) in [5.74, 6) is 0.634. The van der Waals surface area contributed by atoms with Crippen LogP contribution in [0, 0.1) is 11.8 Å². The van der Waals surface area contributed by atoms with Gasteiger partial charge in [-0.2, -0.15) is 0 Å². The Kier molecular flexibility index (Phi) is 3.19. The number of hydrogen-bond acceptors (Lipinski definition) is 3. The summed E-state index contributed by atoms with van der Waals surface area (Å²) in [4.78, 5) is 12.1. The lowest BCUT2D eigenvalue weighted by Crippen LogP contribution is -2.33. The largest absolute Gasteiger partial charge is 0.381 e. The minimum absolute atomic E-state index is 0.115. The van der Waals surface area contributed by atoms with Gasteiger partial charge in [0.1, 0.15) is 5.78 Å². The van der Waals surface area contributed by atoms with Gasteiger partial charge in [-0.1, -0.05) is 0 Å². The monoisotopic (exact) mass is 198 g/mol. The van der Waals surface area contributed by atoms with Gasteiger partial charge in [-0.3, -0.25) is 4.79 Å². The molecule has 14 heavy (non-hydrogen) atoms. The first-order chi connectivity index (χ1) is 6.79. The molecule has 0 aromatic carbocycles. The highest BCUT2D eigenvalue weighted by molar-refractivity contribution is 5.84. The van der Waals surface area contributed by atoms with Crippen molar-refractivity contribution >= 4 is 5.78 Å². The van der Waals surface area contributed by atoms with Crippen LogP contribution in [0.2, 0.25) is 0 Å². The van der Waals surface area contributed by atoms with E-state index in [1.165, 1.54) is 0 Å². The lowest BCUT2D eigenvalue weighted by Gasteiger charge is -2.24. The Morgan fingerprint density at radius 2 is 2.14 bits per heavy atom. The highest BCUT2D eigenvalue weighted by Gasteiger charge is 2.35. The molecule has 0 aromatic heterocycles. The van der Waals surface area contributed by atoms with Crippen molar-refractivity contribution in [2.75, 3.05) is 19.8 Å². The topological polar surface area (TPSA) is 35.5 Å². The zero-order valence-electron chi connectivity index (χ0n) is 8.70. The highest BCUT2D eigenvalue weighted by Crippen LogP contribution is 2.27. The van der Waals surface area contributed by atoms with Crippen LogP contribution in [-0.4, -0.2) is 31.7 Å². The predicted molar refractivity (Wildman–Crippen MR) is 52.1 cm³/mol. The standard InChI is InChI=1S/C11H18O3/c1-8-10(4-6-14-8)11(12)9-3-2-5-13-7-9/h8-10H,2-7H2,1H3. The Balaban J connectivity index is 1.92. The molecule has 2 saturated heterocycles. The van der Waals surface area contributed by atoms with E-state index in [-0.39, 0.29) is 17.9 Å². The molecule has 0 spiro atoms. The van der Waals surface area contributed by atoms with E-state index < -0.39 is 0 Å². The first-order valence-electron chi connectivity index (χ1n) is 5.52. The molecule has 0 aliphatic carbocycles. The molecular weight excluding hydrogens is 180 g/mol. The number of Topliss-reactive ketones (excluding diaryl/α,β-unsaturated/α-hetero) is 1. The second kappa shape index (κ2) is 4.41. The summed E-state index contributed by atoms with van der Waals surface area (Å²) in [7, 11) is 0. The minimum Gasteiger partial charge on any atom is -0.381 e. The van der Waals surface area contributed by atoms with Crippen molar-refractivity contribution in [3.8, 4) is 0 Å². The SMILES string of the molecule is CC1OCCC1C(=O)C1CCCOC1. The zero-order chi connectivity index (χ0) is 9.97. The lowest BCUT2D eigenvalue weighted by molar-refractivity contribution is -0.132. The number of ketones is 1. The summed E-state index contributed by atoms with van der Waals surface area (Å²) in [6, 6.07) is 0. The first kappa shape index (κ1) is 10.1. The second-order valence-electron chi connectivity index (χ2n) is 4.29. The van der Waals surface area contributed by atoms with Crippen LogP contribution in [0.1, 0.15) is 26.2 Å². The zero-order valence-corrected chi connectivity index (χ0v) is 8.70. The number of hydrogen-bond donors (Lipinski definition) is 0. The van der Waals surface area contributed by atoms with E-state index in [4.69, 9.17) is 9.47 Å². The molecule has 3 atom stereocenters. The van der Waals surface area contributed by atoms with Gasteiger partial charge >= 0.3 is 0 Å². The van der Waals surface area contributed by atoms with Crippen LogP contribution in [-0.2, 0) is 14.3 Å². The normalized spacial score (nSPS) is 38.5. The van der Waals surface area contributed by atoms with Crippen molar-refractivity contribution in [2.45, 2.75) is 32.3 Å². The molecule has 0 bridgehead atoms. The average Bonchev–Trinajstić information content (AvgIpc) is 2.65. The Morgan fingerprint density at radius 1 is 1.29 bits per heavy atom. The average molecular weight is 198 g/mol. The van der Waals surface area contributed by atoms with Crippen LogP contribution in [0.15, 0.2) is 0 Å². The summed E-state index contributed by atoms with van der Waals surface area (Å²) in [5, 5.41) is 0. The molecule has 2 fully saturated rings. The maximum atomic E-state index is 12.1. The molecule has 0 amide bonds. The van der Waals surface area contributed by atoms with Gasteiger partial charge in [0.25, 0.3) is 0 Å². The third-order valence-electron chi connectivity index (χ3n) is 3.30. The van der Waals surface area contributed by atoms with Crippen molar-refractivity contribution in [2.24, 2.45) is 11.8 Å². The molecule has 2 aliphatic heterocycles. The van der Waals surface area contributed by atoms with E-state index in [1.807, 2.05) is 6.92 Å². The van der Waals surface area contributed by atoms with Gasteiger partial charge in [0.15, 0.2) is 0 Å². The third kappa shape index (κ3) is 1.98. The lowest BCUT2D eigenvalue weighted by atomic mass is 9.86. The van der Waals surface area contributed by atoms with Crippen LogP contribution in [0.25, 0.3) is 0 Å². The summed E-state index contributed by atoms with van der Waals surface area (Å²) < 4.78 is 10.8. The van der Waals surface area contributed by atoms with Gasteiger partial charge in [-0.15, -0.1) is 0 Å². The number of carbonyl (C=O) groups is 1. The van der Waals surface area contributed by atoms with Gasteiger partial charge in [0.05, 0.1) is 12.7 Å². The van der Waals surface area contributed by atoms with E-state index in [0.717, 1.165) is 32.5 Å². The van der Waals surface area contributed by atoms with Crippen LogP contribution < -0.4 is 0 Å². The minimum atomic E-state index is 0.115. The Morgan fingerprint density at radius 3 is 2.71 bits per heavy atom. The quantitative estimate of drug-likeness (QED) is 0.673. The third-order valence-corrected chi connectivity index (χ3v) is 3.30. The van der Waals surface area contributed by atoms with Crippen molar-refractivity contribution in [3.05, 3.63) is 0 Å². The molecule has 0 radical (unpaired) electrons. The van der Waals surface area contributed by atoms with Gasteiger partial charge in [-0.05, 0) is 26.2 Å². The molecule has 2 heterocycles. The van der Waals surface area contributed by atoms with Crippen molar-refractivity contribution in [1.29, 1.82) is 0 Å². The van der Waals surface area contributed by atoms with E-state index >= 15 is 0 Å². The maximum Gasteiger partial charge on any atom is 0.144 e. The summed E-state index contributed by atoms with van der Waals surface area (Å²) >= 11 is 0. The fraction of sp³-hybridized carbons (Fsp3) is 0.909. The van der Waals surface area contributed by atoms with Crippen LogP contribution in [0.5, 0.6) is 0 Å². The van der Waals surface area contributed by atoms with E-state index in [0.29, 0.717) is 12.4 Å². The predicted octanol–water partition coefficient (Wildman–Crippen LogP) is 1.41. The number of ether oxygens (including phenoxy) is 2. The van der Waals surface area contributed by atoms with E-state index in [9.17, 15) is 4.79 Å². The summed E-state index contributed by atoms with van der Waals surface area (Å²) in [6.45, 7) is 4.19. The van der Waals surface area contributed by atoms with Gasteiger partial charge in [-0.25, -0.2) is 0 Å². The molecule has 3 heteroatoms. The van der Waals surface area contributed by atoms with E-state index in [2.05, 4.69) is 0 Å². The molecule has 0 N–H and O–H groups in total. The van der Waals surface area contributed by atoms with E-state index in [1.54, 1.807) is 0 Å². The highest BCUT2D eigenvalue weighted by atomic mass is 16.5. The van der Waals surface area contributed by atoms with Crippen molar-refractivity contribution in [3.63, 3.8) is 0 Å². The van der Waals surface area contributed by atoms with Gasteiger partial charge < -0.3 is 9.47 Å². The van der Waals surface area contributed by atoms with Crippen molar-refractivity contribution < 1.29 is 14.3 Å². The molecule has 3 unspecified atom stereocenters. The maximum absolute atomic E-state index is 12.1. The molecule has 3 nitrogen and oxygen atoms in total. The Labute approximate surface area is 84.8 Å². The summed E-state index contributed by atoms with van der Waals surface area (Å²) in [6.07, 6.45) is 3.04. The van der Waals surface area contributed by atoms with Crippen LogP contribution in [0.4, 0.5) is 0 Å². The molecule has 0 aromatic rings. The first-order valence-corrected chi connectivity index (χ1v) is 5.52. The fourth-order valence-electron chi connectivity index (χ4n) is 2.37. The number of carbonyl (C=O) groups excluding carboxylic acids is 1. The fourth-order valence-corrected chi connectivity index (χ4v) is 2.37. The van der Waals surface area contributed by atoms with Crippen molar-refractivity contribution in [1.82, 2.24) is 0 Å². The second-order valence-corrected chi connectivity index (χ2v) is 4.29. The smallest absolute Gasteiger partial charge is 0.144 e. The van der Waals surface area contributed by atoms with Crippen LogP contribution in [0.3, 0.4) is 0 Å². The Bertz CT molecular complexity index is 209.